The average molecular weight is 120 g/mol. The fourth-order valence-corrected chi connectivity index (χ4v) is 0.860. The highest BCUT2D eigenvalue weighted by atomic mass is 32.2. The Morgan fingerprint density at radius 1 is 1.57 bits per heavy atom. The van der Waals surface area contributed by atoms with Crippen molar-refractivity contribution in [3.05, 3.63) is 0 Å². The molecule has 0 unspecified atom stereocenters. The van der Waals surface area contributed by atoms with E-state index in [1.54, 1.807) is 7.11 Å². The smallest absolute Gasteiger partial charge is 0.0552 e. The van der Waals surface area contributed by atoms with E-state index >= 15 is 0 Å². The third-order valence-electron chi connectivity index (χ3n) is 0.636. The van der Waals surface area contributed by atoms with Crippen molar-refractivity contribution in [1.29, 1.82) is 0 Å². The standard InChI is InChI=1S/C5H12OS/c1-3-7-5-4-6-2/h3-5H2,1-2H3. The molecule has 0 bridgehead atoms. The van der Waals surface area contributed by atoms with Crippen molar-refractivity contribution >= 4 is 11.8 Å². The molecule has 44 valence electrons. The van der Waals surface area contributed by atoms with Gasteiger partial charge in [-0.25, -0.2) is 0 Å². The van der Waals surface area contributed by atoms with Crippen molar-refractivity contribution in [2.24, 2.45) is 0 Å². The molecule has 0 atom stereocenters. The van der Waals surface area contributed by atoms with Crippen LogP contribution in [0.15, 0.2) is 0 Å². The second-order valence-corrected chi connectivity index (χ2v) is 2.58. The van der Waals surface area contributed by atoms with Crippen LogP contribution in [0.5, 0.6) is 0 Å². The van der Waals surface area contributed by atoms with E-state index in [0.29, 0.717) is 0 Å². The third-order valence-corrected chi connectivity index (χ3v) is 1.50. The van der Waals surface area contributed by atoms with Crippen molar-refractivity contribution in [3.63, 3.8) is 0 Å². The number of methoxy groups -OCH3 is 1. The van der Waals surface area contributed by atoms with E-state index in [1.807, 2.05) is 11.8 Å². The second kappa shape index (κ2) is 6.31. The van der Waals surface area contributed by atoms with Gasteiger partial charge in [-0.15, -0.1) is 0 Å². The lowest BCUT2D eigenvalue weighted by molar-refractivity contribution is 0.218. The molecule has 0 aliphatic rings. The summed E-state index contributed by atoms with van der Waals surface area (Å²) >= 11 is 1.91. The molecule has 0 fully saturated rings. The number of hydrogen-bond donors (Lipinski definition) is 0. The molecule has 0 rings (SSSR count). The van der Waals surface area contributed by atoms with Crippen LogP contribution in [0.2, 0.25) is 0 Å². The van der Waals surface area contributed by atoms with Gasteiger partial charge in [0.05, 0.1) is 6.61 Å². The number of thioether (sulfide) groups is 1. The number of rotatable bonds is 4. The predicted molar refractivity (Wildman–Crippen MR) is 34.9 cm³/mol. The fraction of sp³-hybridized carbons (Fsp3) is 1.00. The zero-order valence-electron chi connectivity index (χ0n) is 4.94. The molecule has 0 aliphatic heterocycles. The molecule has 0 saturated heterocycles. The fourth-order valence-electron chi connectivity index (χ4n) is 0.287. The van der Waals surface area contributed by atoms with E-state index in [0.717, 1.165) is 12.4 Å². The highest BCUT2D eigenvalue weighted by Gasteiger charge is 1.79. The summed E-state index contributed by atoms with van der Waals surface area (Å²) < 4.78 is 4.82. The Kier molecular flexibility index (Phi) is 6.59. The van der Waals surface area contributed by atoms with Gasteiger partial charge in [0.25, 0.3) is 0 Å². The predicted octanol–water partition coefficient (Wildman–Crippen LogP) is 1.39. The molecule has 0 aliphatic carbocycles. The average Bonchev–Trinajstić information content (AvgIpc) is 1.69. The van der Waals surface area contributed by atoms with Crippen LogP contribution in [-0.4, -0.2) is 25.2 Å². The van der Waals surface area contributed by atoms with Crippen LogP contribution < -0.4 is 0 Å². The van der Waals surface area contributed by atoms with Gasteiger partial charge in [-0.1, -0.05) is 6.92 Å². The SMILES string of the molecule is CCSCCOC. The van der Waals surface area contributed by atoms with Crippen LogP contribution in [0.3, 0.4) is 0 Å². The summed E-state index contributed by atoms with van der Waals surface area (Å²) in [6.07, 6.45) is 0. The first-order valence-electron chi connectivity index (χ1n) is 2.48. The summed E-state index contributed by atoms with van der Waals surface area (Å²) in [6, 6.07) is 0. The maximum Gasteiger partial charge on any atom is 0.0552 e. The Bertz CT molecular complexity index is 27.3. The van der Waals surface area contributed by atoms with Crippen LogP contribution >= 0.6 is 11.8 Å². The normalized spacial score (nSPS) is 9.43. The van der Waals surface area contributed by atoms with Crippen LogP contribution in [0.25, 0.3) is 0 Å². The Hall–Kier alpha value is 0.310. The topological polar surface area (TPSA) is 9.23 Å². The molecule has 0 aromatic heterocycles. The second-order valence-electron chi connectivity index (χ2n) is 1.19. The van der Waals surface area contributed by atoms with Crippen LogP contribution in [0.1, 0.15) is 6.92 Å². The Morgan fingerprint density at radius 3 is 2.71 bits per heavy atom. The van der Waals surface area contributed by atoms with E-state index in [1.165, 1.54) is 5.75 Å². The number of hydrogen-bond acceptors (Lipinski definition) is 2. The molecule has 7 heavy (non-hydrogen) atoms. The minimum absolute atomic E-state index is 0.887. The van der Waals surface area contributed by atoms with Gasteiger partial charge < -0.3 is 4.74 Å². The number of ether oxygens (including phenoxy) is 1. The van der Waals surface area contributed by atoms with Crippen molar-refractivity contribution in [2.75, 3.05) is 25.2 Å². The van der Waals surface area contributed by atoms with Crippen LogP contribution in [0.4, 0.5) is 0 Å². The summed E-state index contributed by atoms with van der Waals surface area (Å²) in [5.74, 6) is 2.33. The lowest BCUT2D eigenvalue weighted by atomic mass is 10.9. The van der Waals surface area contributed by atoms with Gasteiger partial charge in [-0.2, -0.15) is 11.8 Å². The zero-order chi connectivity index (χ0) is 5.54. The van der Waals surface area contributed by atoms with E-state index in [-0.39, 0.29) is 0 Å². The van der Waals surface area contributed by atoms with Crippen LogP contribution in [0, 0.1) is 0 Å². The highest BCUT2D eigenvalue weighted by Crippen LogP contribution is 1.95. The molecule has 0 radical (unpaired) electrons. The largest absolute Gasteiger partial charge is 0.384 e. The monoisotopic (exact) mass is 120 g/mol. The molecule has 0 heterocycles. The molecule has 0 spiro atoms. The quantitative estimate of drug-likeness (QED) is 0.518. The Morgan fingerprint density at radius 2 is 2.29 bits per heavy atom. The lowest BCUT2D eigenvalue weighted by Gasteiger charge is -1.93. The van der Waals surface area contributed by atoms with E-state index in [9.17, 15) is 0 Å². The van der Waals surface area contributed by atoms with E-state index < -0.39 is 0 Å². The molecule has 0 N–H and O–H groups in total. The Balaban J connectivity index is 2.45. The maximum absolute atomic E-state index is 4.82. The summed E-state index contributed by atoms with van der Waals surface area (Å²) in [7, 11) is 1.73. The van der Waals surface area contributed by atoms with Gasteiger partial charge in [0.15, 0.2) is 0 Å². The molecule has 0 amide bonds. The summed E-state index contributed by atoms with van der Waals surface area (Å²) in [6.45, 7) is 3.04. The molecular formula is C5H12OS. The molecule has 1 nitrogen and oxygen atoms in total. The molecule has 0 saturated carbocycles. The first-order chi connectivity index (χ1) is 3.41. The first kappa shape index (κ1) is 7.31. The summed E-state index contributed by atoms with van der Waals surface area (Å²) in [5.41, 5.74) is 0. The van der Waals surface area contributed by atoms with Crippen molar-refractivity contribution in [1.82, 2.24) is 0 Å². The lowest BCUT2D eigenvalue weighted by Crippen LogP contribution is -1.90. The van der Waals surface area contributed by atoms with Gasteiger partial charge in [0, 0.05) is 12.9 Å². The van der Waals surface area contributed by atoms with Gasteiger partial charge in [0.1, 0.15) is 0 Å². The molecule has 0 aromatic rings. The summed E-state index contributed by atoms with van der Waals surface area (Å²) in [5, 5.41) is 0. The van der Waals surface area contributed by atoms with E-state index in [4.69, 9.17) is 4.74 Å². The van der Waals surface area contributed by atoms with Crippen molar-refractivity contribution in [2.45, 2.75) is 6.92 Å². The first-order valence-corrected chi connectivity index (χ1v) is 3.64. The van der Waals surface area contributed by atoms with Crippen molar-refractivity contribution in [3.8, 4) is 0 Å². The van der Waals surface area contributed by atoms with Crippen molar-refractivity contribution < 1.29 is 4.74 Å². The molecule has 0 aromatic carbocycles. The summed E-state index contributed by atoms with van der Waals surface area (Å²) in [4.78, 5) is 0. The molecule has 2 heteroatoms. The van der Waals surface area contributed by atoms with Gasteiger partial charge in [0.2, 0.25) is 0 Å². The Labute approximate surface area is 49.4 Å². The van der Waals surface area contributed by atoms with Gasteiger partial charge in [-0.3, -0.25) is 0 Å². The minimum atomic E-state index is 0.887. The third kappa shape index (κ3) is 6.31. The van der Waals surface area contributed by atoms with Gasteiger partial charge >= 0.3 is 0 Å². The van der Waals surface area contributed by atoms with E-state index in [2.05, 4.69) is 6.92 Å². The zero-order valence-corrected chi connectivity index (χ0v) is 5.75. The minimum Gasteiger partial charge on any atom is -0.384 e. The van der Waals surface area contributed by atoms with Crippen LogP contribution in [-0.2, 0) is 4.74 Å². The van der Waals surface area contributed by atoms with Gasteiger partial charge in [-0.05, 0) is 5.75 Å². The maximum atomic E-state index is 4.82. The molecular weight excluding hydrogens is 108 g/mol. The highest BCUT2D eigenvalue weighted by molar-refractivity contribution is 7.99.